The molecule has 1 aromatic heterocycles. The highest BCUT2D eigenvalue weighted by Crippen LogP contribution is 2.34. The zero-order valence-electron chi connectivity index (χ0n) is 8.03. The topological polar surface area (TPSA) is 48.1 Å². The smallest absolute Gasteiger partial charge is 0.145 e. The van der Waals surface area contributed by atoms with Crippen molar-refractivity contribution >= 4 is 0 Å². The lowest BCUT2D eigenvalue weighted by Crippen LogP contribution is -2.28. The number of pyridine rings is 1. The fraction of sp³-hybridized carbons (Fsp3) is 0.500. The Morgan fingerprint density at radius 1 is 1.71 bits per heavy atom. The molecule has 0 bridgehead atoms. The van der Waals surface area contributed by atoms with E-state index in [0.29, 0.717) is 12.3 Å². The molecule has 4 heteroatoms. The summed E-state index contributed by atoms with van der Waals surface area (Å²) in [6, 6.07) is 1.38. The molecule has 2 atom stereocenters. The van der Waals surface area contributed by atoms with Gasteiger partial charge in [-0.05, 0) is 13.3 Å². The molecule has 0 aromatic carbocycles. The summed E-state index contributed by atoms with van der Waals surface area (Å²) >= 11 is 0. The van der Waals surface area contributed by atoms with Crippen molar-refractivity contribution in [3.8, 4) is 5.75 Å². The van der Waals surface area contributed by atoms with Crippen molar-refractivity contribution in [3.05, 3.63) is 23.8 Å². The summed E-state index contributed by atoms with van der Waals surface area (Å²) in [6.45, 7) is 2.48. The third kappa shape index (κ3) is 1.57. The van der Waals surface area contributed by atoms with Crippen LogP contribution in [0.15, 0.2) is 12.3 Å². The second-order valence-corrected chi connectivity index (χ2v) is 3.63. The molecule has 2 rings (SSSR count). The number of rotatable bonds is 1. The third-order valence-electron chi connectivity index (χ3n) is 2.46. The highest BCUT2D eigenvalue weighted by Gasteiger charge is 2.26. The largest absolute Gasteiger partial charge is 0.489 e. The molecular weight excluding hydrogens is 183 g/mol. The van der Waals surface area contributed by atoms with Crippen LogP contribution < -0.4 is 10.5 Å². The Labute approximate surface area is 82.1 Å². The average Bonchev–Trinajstić information content (AvgIpc) is 2.15. The van der Waals surface area contributed by atoms with Gasteiger partial charge in [-0.25, -0.2) is 4.39 Å². The van der Waals surface area contributed by atoms with E-state index in [0.717, 1.165) is 12.1 Å². The predicted molar refractivity (Wildman–Crippen MR) is 50.7 cm³/mol. The Morgan fingerprint density at radius 3 is 3.21 bits per heavy atom. The molecule has 0 saturated heterocycles. The van der Waals surface area contributed by atoms with Crippen LogP contribution in [0, 0.1) is 5.82 Å². The van der Waals surface area contributed by atoms with Crippen molar-refractivity contribution in [2.45, 2.75) is 25.4 Å². The van der Waals surface area contributed by atoms with Gasteiger partial charge in [-0.1, -0.05) is 0 Å². The second-order valence-electron chi connectivity index (χ2n) is 3.63. The van der Waals surface area contributed by atoms with Gasteiger partial charge in [0.2, 0.25) is 0 Å². The number of nitrogens with two attached hydrogens (primary N) is 1. The third-order valence-corrected chi connectivity index (χ3v) is 2.46. The van der Waals surface area contributed by atoms with Crippen LogP contribution in [0.3, 0.4) is 0 Å². The Morgan fingerprint density at radius 2 is 2.50 bits per heavy atom. The van der Waals surface area contributed by atoms with Crippen LogP contribution in [0.4, 0.5) is 4.39 Å². The van der Waals surface area contributed by atoms with E-state index in [2.05, 4.69) is 4.98 Å². The van der Waals surface area contributed by atoms with Crippen LogP contribution in [0.1, 0.15) is 25.0 Å². The van der Waals surface area contributed by atoms with Crippen LogP contribution in [0.2, 0.25) is 0 Å². The zero-order chi connectivity index (χ0) is 10.1. The number of hydrogen-bond acceptors (Lipinski definition) is 3. The summed E-state index contributed by atoms with van der Waals surface area (Å²) in [5, 5.41) is 0. The van der Waals surface area contributed by atoms with Crippen molar-refractivity contribution in [2.75, 3.05) is 6.54 Å². The molecule has 0 aliphatic carbocycles. The van der Waals surface area contributed by atoms with Gasteiger partial charge >= 0.3 is 0 Å². The minimum absolute atomic E-state index is 0.0830. The molecular formula is C10H13FN2O. The van der Waals surface area contributed by atoms with E-state index in [1.54, 1.807) is 0 Å². The van der Waals surface area contributed by atoms with Gasteiger partial charge in [0.25, 0.3) is 0 Å². The highest BCUT2D eigenvalue weighted by atomic mass is 19.1. The van der Waals surface area contributed by atoms with Crippen molar-refractivity contribution in [2.24, 2.45) is 5.73 Å². The molecule has 76 valence electrons. The lowest BCUT2D eigenvalue weighted by atomic mass is 9.95. The molecule has 0 amide bonds. The van der Waals surface area contributed by atoms with Gasteiger partial charge < -0.3 is 10.5 Å². The summed E-state index contributed by atoms with van der Waals surface area (Å²) in [7, 11) is 0. The van der Waals surface area contributed by atoms with E-state index in [1.807, 2.05) is 6.92 Å². The van der Waals surface area contributed by atoms with E-state index in [4.69, 9.17) is 10.5 Å². The first-order chi connectivity index (χ1) is 6.70. The monoisotopic (exact) mass is 196 g/mol. The van der Waals surface area contributed by atoms with Crippen LogP contribution in [0.5, 0.6) is 5.75 Å². The summed E-state index contributed by atoms with van der Waals surface area (Å²) in [5.74, 6) is 0.363. The molecule has 0 radical (unpaired) electrons. The number of hydrogen-bond donors (Lipinski definition) is 1. The molecule has 0 unspecified atom stereocenters. The summed E-state index contributed by atoms with van der Waals surface area (Å²) < 4.78 is 18.4. The average molecular weight is 196 g/mol. The van der Waals surface area contributed by atoms with Crippen molar-refractivity contribution < 1.29 is 9.13 Å². The van der Waals surface area contributed by atoms with E-state index in [-0.39, 0.29) is 17.8 Å². The van der Waals surface area contributed by atoms with E-state index in [1.165, 1.54) is 12.3 Å². The minimum Gasteiger partial charge on any atom is -0.489 e. The maximum atomic E-state index is 12.9. The van der Waals surface area contributed by atoms with Gasteiger partial charge in [-0.3, -0.25) is 4.98 Å². The highest BCUT2D eigenvalue weighted by molar-refractivity contribution is 5.33. The molecule has 3 nitrogen and oxygen atoms in total. The van der Waals surface area contributed by atoms with Gasteiger partial charge in [-0.2, -0.15) is 0 Å². The van der Waals surface area contributed by atoms with Gasteiger partial charge in [0, 0.05) is 18.5 Å². The van der Waals surface area contributed by atoms with Crippen molar-refractivity contribution in [1.29, 1.82) is 0 Å². The quantitative estimate of drug-likeness (QED) is 0.739. The number of nitrogens with zero attached hydrogens (tertiary/aromatic N) is 1. The predicted octanol–water partition coefficient (Wildman–Crippen LogP) is 1.43. The molecule has 2 heterocycles. The molecule has 14 heavy (non-hydrogen) atoms. The normalized spacial score (nSPS) is 25.4. The maximum absolute atomic E-state index is 12.9. The molecule has 1 aromatic rings. The zero-order valence-corrected chi connectivity index (χ0v) is 8.03. The summed E-state index contributed by atoms with van der Waals surface area (Å²) in [5.41, 5.74) is 6.41. The number of aromatic nitrogens is 1. The van der Waals surface area contributed by atoms with Crippen LogP contribution in [-0.4, -0.2) is 17.6 Å². The molecule has 0 fully saturated rings. The molecule has 0 spiro atoms. The fourth-order valence-electron chi connectivity index (χ4n) is 1.82. The Hall–Kier alpha value is -1.16. The SMILES string of the molecule is C[C@@H]1C[C@@H](CN)c2ncc(F)cc2O1. The van der Waals surface area contributed by atoms with E-state index >= 15 is 0 Å². The standard InChI is InChI=1S/C10H13FN2O/c1-6-2-7(4-12)10-9(14-6)3-8(11)5-13-10/h3,5-7H,2,4,12H2,1H3/t6-,7+/m1/s1. The minimum atomic E-state index is -0.367. The van der Waals surface area contributed by atoms with Gasteiger partial charge in [0.1, 0.15) is 11.6 Å². The maximum Gasteiger partial charge on any atom is 0.145 e. The molecule has 2 N–H and O–H groups in total. The number of ether oxygens (including phenoxy) is 1. The van der Waals surface area contributed by atoms with Crippen LogP contribution in [0.25, 0.3) is 0 Å². The molecule has 1 aliphatic heterocycles. The molecule has 0 saturated carbocycles. The summed E-state index contributed by atoms with van der Waals surface area (Å²) in [6.07, 6.45) is 2.14. The first-order valence-corrected chi connectivity index (χ1v) is 4.73. The van der Waals surface area contributed by atoms with E-state index in [9.17, 15) is 4.39 Å². The fourth-order valence-corrected chi connectivity index (χ4v) is 1.82. The van der Waals surface area contributed by atoms with Crippen LogP contribution in [-0.2, 0) is 0 Å². The Bertz CT molecular complexity index is 343. The lowest BCUT2D eigenvalue weighted by molar-refractivity contribution is 0.173. The van der Waals surface area contributed by atoms with Crippen LogP contribution >= 0.6 is 0 Å². The van der Waals surface area contributed by atoms with Gasteiger partial charge in [0.15, 0.2) is 0 Å². The second kappa shape index (κ2) is 3.53. The summed E-state index contributed by atoms with van der Waals surface area (Å²) in [4.78, 5) is 4.03. The lowest BCUT2D eigenvalue weighted by Gasteiger charge is -2.28. The van der Waals surface area contributed by atoms with Crippen molar-refractivity contribution in [1.82, 2.24) is 4.98 Å². The number of halogens is 1. The van der Waals surface area contributed by atoms with Gasteiger partial charge in [-0.15, -0.1) is 0 Å². The first kappa shape index (κ1) is 9.40. The van der Waals surface area contributed by atoms with Crippen molar-refractivity contribution in [3.63, 3.8) is 0 Å². The molecule has 1 aliphatic rings. The van der Waals surface area contributed by atoms with Gasteiger partial charge in [0.05, 0.1) is 18.0 Å². The Balaban J connectivity index is 2.40. The first-order valence-electron chi connectivity index (χ1n) is 4.73. The van der Waals surface area contributed by atoms with E-state index < -0.39 is 0 Å². The number of fused-ring (bicyclic) bond motifs is 1. The Kier molecular flexibility index (Phi) is 2.37.